The van der Waals surface area contributed by atoms with Crippen molar-refractivity contribution in [3.63, 3.8) is 0 Å². The van der Waals surface area contributed by atoms with Gasteiger partial charge in [0.2, 0.25) is 0 Å². The lowest BCUT2D eigenvalue weighted by Crippen LogP contribution is -2.06. The molecule has 28 heavy (non-hydrogen) atoms. The van der Waals surface area contributed by atoms with Gasteiger partial charge in [-0.3, -0.25) is 4.98 Å². The highest BCUT2D eigenvalue weighted by Crippen LogP contribution is 2.43. The summed E-state index contributed by atoms with van der Waals surface area (Å²) in [6.45, 7) is 6.38. The molecule has 1 atom stereocenters. The van der Waals surface area contributed by atoms with E-state index in [1.165, 1.54) is 17.4 Å². The van der Waals surface area contributed by atoms with Gasteiger partial charge in [-0.25, -0.2) is 9.37 Å². The van der Waals surface area contributed by atoms with E-state index in [1.54, 1.807) is 6.20 Å². The van der Waals surface area contributed by atoms with Crippen molar-refractivity contribution in [1.82, 2.24) is 9.97 Å². The minimum atomic E-state index is -0.402. The Hall–Kier alpha value is -2.44. The van der Waals surface area contributed by atoms with E-state index in [-0.39, 0.29) is 11.9 Å². The Bertz CT molecular complexity index is 1240. The molecule has 3 heterocycles. The summed E-state index contributed by atoms with van der Waals surface area (Å²) in [6.07, 6.45) is 1.97. The van der Waals surface area contributed by atoms with Gasteiger partial charge < -0.3 is 9.47 Å². The fraction of sp³-hybridized carbons (Fsp3) is 0.190. The van der Waals surface area contributed by atoms with E-state index in [0.29, 0.717) is 29.3 Å². The topological polar surface area (TPSA) is 44.2 Å². The summed E-state index contributed by atoms with van der Waals surface area (Å²) >= 11 is 7.85. The van der Waals surface area contributed by atoms with E-state index >= 15 is 0 Å². The maximum absolute atomic E-state index is 14.4. The number of hydrogen-bond acceptors (Lipinski definition) is 5. The van der Waals surface area contributed by atoms with Crippen LogP contribution in [-0.4, -0.2) is 22.7 Å². The van der Waals surface area contributed by atoms with Crippen LogP contribution in [0, 0.1) is 12.7 Å². The molecular formula is C21H15ClFN2O2S. The van der Waals surface area contributed by atoms with Crippen molar-refractivity contribution in [2.75, 3.05) is 6.61 Å². The third kappa shape index (κ3) is 2.79. The monoisotopic (exact) mass is 413 g/mol. The molecule has 0 saturated heterocycles. The van der Waals surface area contributed by atoms with Crippen LogP contribution in [0.2, 0.25) is 5.02 Å². The second-order valence-electron chi connectivity index (χ2n) is 6.61. The standard InChI is InChI=1S/C21H15ClFN2O2S/c1-3-26-13-6-11-5-12(22)7-14(18(11)24-9-13)21-25-17-8-16(23)19-15(20(17)28-21)4-10(2)27-19/h5-10H,2-4H2,1H3/t10-/m1/s1. The number of rotatable bonds is 3. The first-order valence-corrected chi connectivity index (χ1v) is 10.1. The van der Waals surface area contributed by atoms with Crippen molar-refractivity contribution in [2.45, 2.75) is 19.4 Å². The van der Waals surface area contributed by atoms with Gasteiger partial charge in [0.05, 0.1) is 28.5 Å². The van der Waals surface area contributed by atoms with Crippen molar-refractivity contribution in [3.8, 4) is 22.1 Å². The highest BCUT2D eigenvalue weighted by Gasteiger charge is 2.27. The first kappa shape index (κ1) is 17.6. The molecule has 0 spiro atoms. The molecule has 0 saturated carbocycles. The number of hydrogen-bond donors (Lipinski definition) is 0. The Morgan fingerprint density at radius 2 is 2.21 bits per heavy atom. The van der Waals surface area contributed by atoms with Crippen molar-refractivity contribution in [2.24, 2.45) is 0 Å². The van der Waals surface area contributed by atoms with Gasteiger partial charge >= 0.3 is 0 Å². The molecule has 4 nitrogen and oxygen atoms in total. The Morgan fingerprint density at radius 1 is 1.36 bits per heavy atom. The number of thiazole rings is 1. The molecule has 0 amide bonds. The van der Waals surface area contributed by atoms with Crippen LogP contribution in [-0.2, 0) is 6.42 Å². The largest absolute Gasteiger partial charge is 0.492 e. The number of fused-ring (bicyclic) bond motifs is 4. The van der Waals surface area contributed by atoms with E-state index in [0.717, 1.165) is 31.7 Å². The van der Waals surface area contributed by atoms with Crippen LogP contribution in [0.25, 0.3) is 31.7 Å². The highest BCUT2D eigenvalue weighted by atomic mass is 35.5. The Kier molecular flexibility index (Phi) is 4.14. The molecule has 4 aromatic rings. The van der Waals surface area contributed by atoms with E-state index in [1.807, 2.05) is 25.1 Å². The lowest BCUT2D eigenvalue weighted by Gasteiger charge is -2.07. The maximum atomic E-state index is 14.4. The fourth-order valence-corrected chi connectivity index (χ4v) is 4.88. The number of aromatic nitrogens is 2. The molecule has 2 aromatic carbocycles. The fourth-order valence-electron chi connectivity index (χ4n) is 3.54. The van der Waals surface area contributed by atoms with Gasteiger partial charge in [0.15, 0.2) is 11.6 Å². The second kappa shape index (κ2) is 6.57. The van der Waals surface area contributed by atoms with Crippen molar-refractivity contribution < 1.29 is 13.9 Å². The molecule has 0 unspecified atom stereocenters. The average molecular weight is 414 g/mol. The van der Waals surface area contributed by atoms with Crippen LogP contribution in [0.4, 0.5) is 4.39 Å². The van der Waals surface area contributed by atoms with Crippen LogP contribution in [0.5, 0.6) is 11.5 Å². The zero-order valence-electron chi connectivity index (χ0n) is 15.0. The quantitative estimate of drug-likeness (QED) is 0.423. The third-order valence-electron chi connectivity index (χ3n) is 4.66. The number of halogens is 2. The zero-order valence-corrected chi connectivity index (χ0v) is 16.5. The van der Waals surface area contributed by atoms with Gasteiger partial charge in [-0.15, -0.1) is 11.3 Å². The lowest BCUT2D eigenvalue weighted by atomic mass is 10.1. The second-order valence-corrected chi connectivity index (χ2v) is 8.04. The molecule has 1 radical (unpaired) electrons. The van der Waals surface area contributed by atoms with Crippen molar-refractivity contribution in [1.29, 1.82) is 0 Å². The van der Waals surface area contributed by atoms with E-state index in [9.17, 15) is 4.39 Å². The van der Waals surface area contributed by atoms with Crippen LogP contribution in [0.15, 0.2) is 30.5 Å². The summed E-state index contributed by atoms with van der Waals surface area (Å²) in [5.74, 6) is 0.574. The molecule has 5 rings (SSSR count). The lowest BCUT2D eigenvalue weighted by molar-refractivity contribution is 0.269. The van der Waals surface area contributed by atoms with Gasteiger partial charge in [-0.1, -0.05) is 11.6 Å². The normalized spacial score (nSPS) is 15.8. The number of pyridine rings is 1. The van der Waals surface area contributed by atoms with E-state index < -0.39 is 5.82 Å². The first-order chi connectivity index (χ1) is 13.5. The summed E-state index contributed by atoms with van der Waals surface area (Å²) < 4.78 is 26.4. The summed E-state index contributed by atoms with van der Waals surface area (Å²) in [7, 11) is 0. The molecule has 0 aliphatic carbocycles. The minimum Gasteiger partial charge on any atom is -0.492 e. The average Bonchev–Trinajstić information content (AvgIpc) is 3.24. The van der Waals surface area contributed by atoms with Gasteiger partial charge in [-0.2, -0.15) is 0 Å². The van der Waals surface area contributed by atoms with Crippen LogP contribution in [0.1, 0.15) is 12.5 Å². The van der Waals surface area contributed by atoms with Crippen LogP contribution >= 0.6 is 22.9 Å². The van der Waals surface area contributed by atoms with Gasteiger partial charge in [0, 0.05) is 34.0 Å². The first-order valence-electron chi connectivity index (χ1n) is 8.87. The summed E-state index contributed by atoms with van der Waals surface area (Å²) in [4.78, 5) is 9.23. The summed E-state index contributed by atoms with van der Waals surface area (Å²) in [5, 5.41) is 2.18. The molecule has 1 aliphatic heterocycles. The zero-order chi connectivity index (χ0) is 19.4. The van der Waals surface area contributed by atoms with Crippen LogP contribution in [0.3, 0.4) is 0 Å². The SMILES string of the molecule is [CH2][C@@H]1Cc2c(c(F)cc3nc(-c4cc(Cl)cc5cc(OCC)cnc45)sc23)O1. The number of benzene rings is 2. The van der Waals surface area contributed by atoms with Gasteiger partial charge in [0.1, 0.15) is 16.9 Å². The minimum absolute atomic E-state index is 0.286. The predicted octanol–water partition coefficient (Wildman–Crippen LogP) is 5.84. The third-order valence-corrected chi connectivity index (χ3v) is 6.04. The van der Waals surface area contributed by atoms with Gasteiger partial charge in [-0.05, 0) is 32.0 Å². The van der Waals surface area contributed by atoms with Crippen molar-refractivity contribution in [3.05, 3.63) is 53.8 Å². The Labute approximate surface area is 169 Å². The molecule has 0 fully saturated rings. The van der Waals surface area contributed by atoms with E-state index in [2.05, 4.69) is 16.9 Å². The van der Waals surface area contributed by atoms with Gasteiger partial charge in [0.25, 0.3) is 0 Å². The number of ether oxygens (including phenoxy) is 2. The highest BCUT2D eigenvalue weighted by molar-refractivity contribution is 7.22. The molecule has 1 aliphatic rings. The summed E-state index contributed by atoms with van der Waals surface area (Å²) in [6, 6.07) is 7.01. The Morgan fingerprint density at radius 3 is 3.04 bits per heavy atom. The van der Waals surface area contributed by atoms with E-state index in [4.69, 9.17) is 21.1 Å². The predicted molar refractivity (Wildman–Crippen MR) is 110 cm³/mol. The molecule has 141 valence electrons. The Balaban J connectivity index is 1.72. The number of nitrogens with zero attached hydrogens (tertiary/aromatic N) is 2. The van der Waals surface area contributed by atoms with Crippen molar-refractivity contribution >= 4 is 44.1 Å². The van der Waals surface area contributed by atoms with Crippen LogP contribution < -0.4 is 9.47 Å². The summed E-state index contributed by atoms with van der Waals surface area (Å²) in [5.41, 5.74) is 3.02. The smallest absolute Gasteiger partial charge is 0.167 e. The molecule has 0 bridgehead atoms. The maximum Gasteiger partial charge on any atom is 0.167 e. The molecule has 7 heteroatoms. The molecule has 2 aromatic heterocycles. The molecular weight excluding hydrogens is 399 g/mol. The molecule has 0 N–H and O–H groups in total.